The smallest absolute Gasteiger partial charge is 0.310 e. The third-order valence-corrected chi connectivity index (χ3v) is 5.23. The molecule has 2 aliphatic rings. The number of guanidine groups is 1. The maximum absolute atomic E-state index is 12.0. The largest absolute Gasteiger partial charge is 0.466 e. The molecule has 0 radical (unpaired) electrons. The third-order valence-electron chi connectivity index (χ3n) is 5.23. The lowest BCUT2D eigenvalue weighted by atomic mass is 9.98. The number of ether oxygens (including phenoxy) is 1. The Morgan fingerprint density at radius 1 is 1.36 bits per heavy atom. The molecule has 25 heavy (non-hydrogen) atoms. The van der Waals surface area contributed by atoms with E-state index in [1.54, 1.807) is 0 Å². The number of carbonyl (C=O) groups excluding carboxylic acids is 1. The lowest BCUT2D eigenvalue weighted by Gasteiger charge is -2.34. The summed E-state index contributed by atoms with van der Waals surface area (Å²) in [6.45, 7) is 4.89. The lowest BCUT2D eigenvalue weighted by molar-refractivity contribution is -0.149. The van der Waals surface area contributed by atoms with E-state index in [-0.39, 0.29) is 11.9 Å². The SMILES string of the molecule is CCOC(=O)C1CCCN(C(=NC)NCC2CC2c2ccccc2)C1. The first-order valence-electron chi connectivity index (χ1n) is 9.40. The molecule has 1 heterocycles. The highest BCUT2D eigenvalue weighted by molar-refractivity contribution is 5.81. The number of likely N-dealkylation sites (tertiary alicyclic amines) is 1. The summed E-state index contributed by atoms with van der Waals surface area (Å²) in [5, 5.41) is 3.52. The van der Waals surface area contributed by atoms with Crippen LogP contribution in [0.1, 0.15) is 37.7 Å². The monoisotopic (exact) mass is 343 g/mol. The van der Waals surface area contributed by atoms with Crippen molar-refractivity contribution in [2.24, 2.45) is 16.8 Å². The molecule has 1 aromatic rings. The van der Waals surface area contributed by atoms with Gasteiger partial charge in [-0.05, 0) is 43.6 Å². The number of nitrogens with one attached hydrogen (secondary N) is 1. The molecular weight excluding hydrogens is 314 g/mol. The molecule has 1 aliphatic heterocycles. The van der Waals surface area contributed by atoms with Gasteiger partial charge in [0.2, 0.25) is 0 Å². The Morgan fingerprint density at radius 2 is 2.16 bits per heavy atom. The van der Waals surface area contributed by atoms with E-state index in [9.17, 15) is 4.79 Å². The molecule has 3 rings (SSSR count). The van der Waals surface area contributed by atoms with Gasteiger partial charge in [-0.15, -0.1) is 0 Å². The van der Waals surface area contributed by atoms with Crippen LogP contribution >= 0.6 is 0 Å². The van der Waals surface area contributed by atoms with Crippen molar-refractivity contribution < 1.29 is 9.53 Å². The van der Waals surface area contributed by atoms with Crippen LogP contribution in [0.2, 0.25) is 0 Å². The van der Waals surface area contributed by atoms with Crippen molar-refractivity contribution in [3.05, 3.63) is 35.9 Å². The molecule has 3 atom stereocenters. The van der Waals surface area contributed by atoms with Gasteiger partial charge in [0.05, 0.1) is 12.5 Å². The molecule has 1 saturated carbocycles. The standard InChI is InChI=1S/C20H29N3O2/c1-3-25-19(24)16-10-7-11-23(14-16)20(21-2)22-13-17-12-18(17)15-8-5-4-6-9-15/h4-6,8-9,16-18H,3,7,10-14H2,1-2H3,(H,21,22). The first kappa shape index (κ1) is 17.8. The third kappa shape index (κ3) is 4.53. The van der Waals surface area contributed by atoms with Gasteiger partial charge in [-0.2, -0.15) is 0 Å². The highest BCUT2D eigenvalue weighted by Crippen LogP contribution is 2.46. The van der Waals surface area contributed by atoms with Crippen molar-refractivity contribution in [1.29, 1.82) is 0 Å². The first-order chi connectivity index (χ1) is 12.2. The van der Waals surface area contributed by atoms with Crippen LogP contribution < -0.4 is 5.32 Å². The van der Waals surface area contributed by atoms with Crippen LogP contribution in [0.25, 0.3) is 0 Å². The van der Waals surface area contributed by atoms with Crippen molar-refractivity contribution in [3.63, 3.8) is 0 Å². The summed E-state index contributed by atoms with van der Waals surface area (Å²) in [5.41, 5.74) is 1.43. The number of hydrogen-bond donors (Lipinski definition) is 1. The molecule has 0 amide bonds. The highest BCUT2D eigenvalue weighted by Gasteiger charge is 2.38. The summed E-state index contributed by atoms with van der Waals surface area (Å²) in [4.78, 5) is 18.6. The van der Waals surface area contributed by atoms with Crippen molar-refractivity contribution >= 4 is 11.9 Å². The Bertz CT molecular complexity index is 602. The molecule has 0 bridgehead atoms. The van der Waals surface area contributed by atoms with Gasteiger partial charge in [-0.1, -0.05) is 30.3 Å². The molecular formula is C20H29N3O2. The average Bonchev–Trinajstić information content (AvgIpc) is 3.43. The summed E-state index contributed by atoms with van der Waals surface area (Å²) in [7, 11) is 1.82. The van der Waals surface area contributed by atoms with Crippen LogP contribution in [0.15, 0.2) is 35.3 Å². The van der Waals surface area contributed by atoms with E-state index < -0.39 is 0 Å². The highest BCUT2D eigenvalue weighted by atomic mass is 16.5. The second-order valence-electron chi connectivity index (χ2n) is 6.98. The molecule has 2 fully saturated rings. The van der Waals surface area contributed by atoms with Gasteiger partial charge in [0, 0.05) is 26.7 Å². The van der Waals surface area contributed by atoms with E-state index in [1.807, 2.05) is 14.0 Å². The fourth-order valence-corrected chi connectivity index (χ4v) is 3.76. The number of nitrogens with zero attached hydrogens (tertiary/aromatic N) is 2. The summed E-state index contributed by atoms with van der Waals surface area (Å²) in [6.07, 6.45) is 3.14. The summed E-state index contributed by atoms with van der Waals surface area (Å²) >= 11 is 0. The van der Waals surface area contributed by atoms with E-state index in [0.717, 1.165) is 31.9 Å². The number of hydrogen-bond acceptors (Lipinski definition) is 3. The van der Waals surface area contributed by atoms with E-state index >= 15 is 0 Å². The molecule has 3 unspecified atom stereocenters. The van der Waals surface area contributed by atoms with Gasteiger partial charge in [0.1, 0.15) is 0 Å². The van der Waals surface area contributed by atoms with Crippen molar-refractivity contribution in [2.45, 2.75) is 32.1 Å². The van der Waals surface area contributed by atoms with Crippen molar-refractivity contribution in [3.8, 4) is 0 Å². The minimum absolute atomic E-state index is 0.0368. The predicted octanol–water partition coefficient (Wildman–Crippen LogP) is 2.64. The number of esters is 1. The first-order valence-corrected chi connectivity index (χ1v) is 9.40. The number of aliphatic imine (C=N–C) groups is 1. The number of rotatable bonds is 5. The summed E-state index contributed by atoms with van der Waals surface area (Å²) < 4.78 is 5.19. The van der Waals surface area contributed by atoms with Gasteiger partial charge in [-0.25, -0.2) is 0 Å². The maximum Gasteiger partial charge on any atom is 0.310 e. The molecule has 1 N–H and O–H groups in total. The molecule has 1 aliphatic carbocycles. The Hall–Kier alpha value is -2.04. The number of benzene rings is 1. The van der Waals surface area contributed by atoms with Gasteiger partial charge in [0.25, 0.3) is 0 Å². The van der Waals surface area contributed by atoms with Crippen LogP contribution in [0.5, 0.6) is 0 Å². The molecule has 0 spiro atoms. The van der Waals surface area contributed by atoms with E-state index in [4.69, 9.17) is 4.74 Å². The van der Waals surface area contributed by atoms with Gasteiger partial charge in [0.15, 0.2) is 5.96 Å². The van der Waals surface area contributed by atoms with E-state index in [1.165, 1.54) is 12.0 Å². The minimum atomic E-state index is -0.0750. The fraction of sp³-hybridized carbons (Fsp3) is 0.600. The zero-order chi connectivity index (χ0) is 17.6. The molecule has 5 heteroatoms. The zero-order valence-electron chi connectivity index (χ0n) is 15.3. The van der Waals surface area contributed by atoms with Crippen LogP contribution in [0.4, 0.5) is 0 Å². The Kier molecular flexibility index (Phi) is 5.95. The molecule has 0 aromatic heterocycles. The molecule has 1 aromatic carbocycles. The van der Waals surface area contributed by atoms with Crippen molar-refractivity contribution in [2.75, 3.05) is 33.3 Å². The number of piperidine rings is 1. The minimum Gasteiger partial charge on any atom is -0.466 e. The summed E-state index contributed by atoms with van der Waals surface area (Å²) in [5.74, 6) is 2.14. The van der Waals surface area contributed by atoms with Gasteiger partial charge in [-0.3, -0.25) is 9.79 Å². The Balaban J connectivity index is 1.49. The van der Waals surface area contributed by atoms with Gasteiger partial charge < -0.3 is 15.0 Å². The van der Waals surface area contributed by atoms with Crippen LogP contribution in [0.3, 0.4) is 0 Å². The maximum atomic E-state index is 12.0. The van der Waals surface area contributed by atoms with Crippen molar-refractivity contribution in [1.82, 2.24) is 10.2 Å². The Morgan fingerprint density at radius 3 is 2.88 bits per heavy atom. The number of carbonyl (C=O) groups is 1. The quantitative estimate of drug-likeness (QED) is 0.507. The average molecular weight is 343 g/mol. The Labute approximate surface area is 150 Å². The van der Waals surface area contributed by atoms with Gasteiger partial charge >= 0.3 is 5.97 Å². The van der Waals surface area contributed by atoms with E-state index in [2.05, 4.69) is 45.5 Å². The predicted molar refractivity (Wildman–Crippen MR) is 99.6 cm³/mol. The topological polar surface area (TPSA) is 53.9 Å². The summed E-state index contributed by atoms with van der Waals surface area (Å²) in [6, 6.07) is 10.7. The van der Waals surface area contributed by atoms with E-state index in [0.29, 0.717) is 25.0 Å². The fourth-order valence-electron chi connectivity index (χ4n) is 3.76. The second kappa shape index (κ2) is 8.37. The lowest BCUT2D eigenvalue weighted by Crippen LogP contribution is -2.48. The van der Waals surface area contributed by atoms with Crippen LogP contribution in [-0.4, -0.2) is 50.1 Å². The second-order valence-corrected chi connectivity index (χ2v) is 6.98. The molecule has 5 nitrogen and oxygen atoms in total. The van der Waals surface area contributed by atoms with Crippen LogP contribution in [-0.2, 0) is 9.53 Å². The zero-order valence-corrected chi connectivity index (χ0v) is 15.3. The normalized spacial score (nSPS) is 26.2. The van der Waals surface area contributed by atoms with Crippen LogP contribution in [0, 0.1) is 11.8 Å². The molecule has 136 valence electrons. The molecule has 1 saturated heterocycles.